The van der Waals surface area contributed by atoms with Crippen molar-refractivity contribution in [1.82, 2.24) is 9.88 Å². The van der Waals surface area contributed by atoms with Crippen LogP contribution in [0.5, 0.6) is 5.75 Å². The molecule has 0 radical (unpaired) electrons. The smallest absolute Gasteiger partial charge is 0.124 e. The molecule has 3 rings (SSSR count). The molecule has 1 aromatic carbocycles. The molecule has 1 aliphatic heterocycles. The van der Waals surface area contributed by atoms with Gasteiger partial charge in [0.25, 0.3) is 0 Å². The molecule has 1 fully saturated rings. The molecule has 2 aromatic rings. The number of nitrogens with zero attached hydrogens (tertiary/aromatic N) is 2. The Hall–Kier alpha value is -1.95. The van der Waals surface area contributed by atoms with Gasteiger partial charge in [0.1, 0.15) is 5.75 Å². The van der Waals surface area contributed by atoms with Gasteiger partial charge in [-0.25, -0.2) is 0 Å². The molecule has 0 bridgehead atoms. The number of aromatic nitrogens is 1. The Morgan fingerprint density at radius 1 is 1.24 bits per heavy atom. The van der Waals surface area contributed by atoms with Crippen molar-refractivity contribution in [2.45, 2.75) is 31.6 Å². The number of para-hydroxylation sites is 1. The third kappa shape index (κ3) is 4.78. The molecule has 0 amide bonds. The molecular weight excluding hydrogens is 316 g/mol. The lowest BCUT2D eigenvalue weighted by Crippen LogP contribution is -2.34. The fourth-order valence-corrected chi connectivity index (χ4v) is 3.46. The first-order valence-electron chi connectivity index (χ1n) is 8.79. The molecule has 2 heterocycles. The van der Waals surface area contributed by atoms with Gasteiger partial charge in [0, 0.05) is 30.5 Å². The van der Waals surface area contributed by atoms with Crippen LogP contribution in [0.1, 0.15) is 30.0 Å². The molecule has 2 unspecified atom stereocenters. The predicted molar refractivity (Wildman–Crippen MR) is 96.4 cm³/mol. The average molecular weight is 342 g/mol. The van der Waals surface area contributed by atoms with Crippen LogP contribution >= 0.6 is 0 Å². The van der Waals surface area contributed by atoms with Gasteiger partial charge < -0.3 is 14.6 Å². The van der Waals surface area contributed by atoms with Gasteiger partial charge in [-0.05, 0) is 43.1 Å². The van der Waals surface area contributed by atoms with Crippen LogP contribution in [-0.2, 0) is 11.3 Å². The molecule has 5 nitrogen and oxygen atoms in total. The Balaban J connectivity index is 1.48. The lowest BCUT2D eigenvalue weighted by Gasteiger charge is -2.27. The van der Waals surface area contributed by atoms with Crippen LogP contribution < -0.4 is 4.74 Å². The molecule has 25 heavy (non-hydrogen) atoms. The highest BCUT2D eigenvalue weighted by atomic mass is 16.5. The minimum absolute atomic E-state index is 0.317. The topological polar surface area (TPSA) is 54.8 Å². The first-order chi connectivity index (χ1) is 12.3. The van der Waals surface area contributed by atoms with Crippen molar-refractivity contribution in [2.75, 3.05) is 26.8 Å². The SMILES string of the molecule is COc1ccccc1COCC(O)CN1CCCC1c1ccncc1. The molecule has 1 aliphatic rings. The fourth-order valence-electron chi connectivity index (χ4n) is 3.46. The Morgan fingerprint density at radius 2 is 2.04 bits per heavy atom. The number of β-amino-alcohol motifs (C(OH)–C–C–N with tert-alkyl or cyclic N) is 1. The third-order valence-electron chi connectivity index (χ3n) is 4.66. The van der Waals surface area contributed by atoms with Crippen molar-refractivity contribution in [3.05, 3.63) is 59.9 Å². The summed E-state index contributed by atoms with van der Waals surface area (Å²) in [5, 5.41) is 10.4. The van der Waals surface area contributed by atoms with E-state index in [0.717, 1.165) is 30.7 Å². The minimum Gasteiger partial charge on any atom is -0.496 e. The fraction of sp³-hybridized carbons (Fsp3) is 0.450. The lowest BCUT2D eigenvalue weighted by molar-refractivity contribution is 0.00724. The highest BCUT2D eigenvalue weighted by Gasteiger charge is 2.27. The maximum absolute atomic E-state index is 10.4. The van der Waals surface area contributed by atoms with Gasteiger partial charge in [0.15, 0.2) is 0 Å². The van der Waals surface area contributed by atoms with E-state index in [1.807, 2.05) is 36.7 Å². The number of pyridine rings is 1. The van der Waals surface area contributed by atoms with E-state index in [1.54, 1.807) is 7.11 Å². The van der Waals surface area contributed by atoms with Crippen molar-refractivity contribution in [1.29, 1.82) is 0 Å². The highest BCUT2D eigenvalue weighted by molar-refractivity contribution is 5.32. The summed E-state index contributed by atoms with van der Waals surface area (Å²) in [7, 11) is 1.65. The number of benzene rings is 1. The van der Waals surface area contributed by atoms with E-state index < -0.39 is 6.10 Å². The van der Waals surface area contributed by atoms with Gasteiger partial charge in [0.05, 0.1) is 26.4 Å². The van der Waals surface area contributed by atoms with E-state index in [1.165, 1.54) is 5.56 Å². The molecule has 5 heteroatoms. The zero-order valence-electron chi connectivity index (χ0n) is 14.7. The number of ether oxygens (including phenoxy) is 2. The van der Waals surface area contributed by atoms with Crippen LogP contribution in [0.25, 0.3) is 0 Å². The van der Waals surface area contributed by atoms with Gasteiger partial charge in [-0.1, -0.05) is 18.2 Å². The largest absolute Gasteiger partial charge is 0.496 e. The zero-order chi connectivity index (χ0) is 17.5. The van der Waals surface area contributed by atoms with Crippen LogP contribution in [0.3, 0.4) is 0 Å². The van der Waals surface area contributed by atoms with E-state index in [0.29, 0.717) is 25.8 Å². The number of methoxy groups -OCH3 is 1. The summed E-state index contributed by atoms with van der Waals surface area (Å²) < 4.78 is 11.0. The Kier molecular flexibility index (Phi) is 6.39. The molecule has 0 saturated carbocycles. The number of hydrogen-bond donors (Lipinski definition) is 1. The average Bonchev–Trinajstić information content (AvgIpc) is 3.11. The minimum atomic E-state index is -0.503. The Bertz CT molecular complexity index is 650. The Labute approximate surface area is 149 Å². The zero-order valence-corrected chi connectivity index (χ0v) is 14.7. The van der Waals surface area contributed by atoms with Crippen molar-refractivity contribution in [3.8, 4) is 5.75 Å². The standard InChI is InChI=1S/C20H26N2O3/c1-24-20-7-3-2-5-17(20)14-25-15-18(23)13-22-12-4-6-19(22)16-8-10-21-11-9-16/h2-3,5,7-11,18-19,23H,4,6,12-15H2,1H3. The van der Waals surface area contributed by atoms with Crippen molar-refractivity contribution in [2.24, 2.45) is 0 Å². The molecule has 0 spiro atoms. The second-order valence-electron chi connectivity index (χ2n) is 6.41. The van der Waals surface area contributed by atoms with Gasteiger partial charge in [-0.15, -0.1) is 0 Å². The van der Waals surface area contributed by atoms with Gasteiger partial charge >= 0.3 is 0 Å². The van der Waals surface area contributed by atoms with E-state index in [-0.39, 0.29) is 0 Å². The maximum atomic E-state index is 10.4. The molecule has 1 saturated heterocycles. The summed E-state index contributed by atoms with van der Waals surface area (Å²) in [6.45, 7) is 2.39. The molecule has 2 atom stereocenters. The van der Waals surface area contributed by atoms with E-state index in [4.69, 9.17) is 9.47 Å². The first-order valence-corrected chi connectivity index (χ1v) is 8.79. The van der Waals surface area contributed by atoms with Gasteiger partial charge in [0.2, 0.25) is 0 Å². The van der Waals surface area contributed by atoms with Crippen molar-refractivity contribution < 1.29 is 14.6 Å². The third-order valence-corrected chi connectivity index (χ3v) is 4.66. The molecule has 134 valence electrons. The highest BCUT2D eigenvalue weighted by Crippen LogP contribution is 2.31. The summed E-state index contributed by atoms with van der Waals surface area (Å²) in [6, 6.07) is 12.3. The normalized spacial score (nSPS) is 19.0. The van der Waals surface area contributed by atoms with Gasteiger partial charge in [-0.3, -0.25) is 9.88 Å². The maximum Gasteiger partial charge on any atom is 0.124 e. The van der Waals surface area contributed by atoms with Crippen LogP contribution in [0.2, 0.25) is 0 Å². The van der Waals surface area contributed by atoms with Crippen molar-refractivity contribution in [3.63, 3.8) is 0 Å². The number of hydrogen-bond acceptors (Lipinski definition) is 5. The number of rotatable bonds is 8. The van der Waals surface area contributed by atoms with Crippen LogP contribution in [-0.4, -0.2) is 47.9 Å². The summed E-state index contributed by atoms with van der Waals surface area (Å²) in [5.41, 5.74) is 2.27. The van der Waals surface area contributed by atoms with E-state index >= 15 is 0 Å². The quantitative estimate of drug-likeness (QED) is 0.799. The predicted octanol–water partition coefficient (Wildman–Crippen LogP) is 2.80. The second kappa shape index (κ2) is 8.94. The summed E-state index contributed by atoms with van der Waals surface area (Å²) in [5.74, 6) is 0.814. The first kappa shape index (κ1) is 17.9. The number of aliphatic hydroxyl groups is 1. The van der Waals surface area contributed by atoms with E-state index in [9.17, 15) is 5.11 Å². The van der Waals surface area contributed by atoms with Crippen LogP contribution in [0, 0.1) is 0 Å². The van der Waals surface area contributed by atoms with Crippen molar-refractivity contribution >= 4 is 0 Å². The molecule has 1 N–H and O–H groups in total. The number of likely N-dealkylation sites (tertiary alicyclic amines) is 1. The monoisotopic (exact) mass is 342 g/mol. The molecule has 1 aromatic heterocycles. The summed E-state index contributed by atoms with van der Waals surface area (Å²) in [6.07, 6.45) is 5.44. The summed E-state index contributed by atoms with van der Waals surface area (Å²) >= 11 is 0. The Morgan fingerprint density at radius 3 is 2.84 bits per heavy atom. The van der Waals surface area contributed by atoms with Crippen LogP contribution in [0.15, 0.2) is 48.8 Å². The van der Waals surface area contributed by atoms with Gasteiger partial charge in [-0.2, -0.15) is 0 Å². The lowest BCUT2D eigenvalue weighted by atomic mass is 10.1. The van der Waals surface area contributed by atoms with Crippen LogP contribution in [0.4, 0.5) is 0 Å². The molecular formula is C20H26N2O3. The second-order valence-corrected chi connectivity index (χ2v) is 6.41. The summed E-state index contributed by atoms with van der Waals surface area (Å²) in [4.78, 5) is 6.43. The number of aliphatic hydroxyl groups excluding tert-OH is 1. The van der Waals surface area contributed by atoms with E-state index in [2.05, 4.69) is 22.0 Å². The molecule has 0 aliphatic carbocycles.